The maximum absolute atomic E-state index is 12.6. The van der Waals surface area contributed by atoms with Gasteiger partial charge in [0.1, 0.15) is 0 Å². The van der Waals surface area contributed by atoms with Crippen molar-refractivity contribution in [2.45, 2.75) is 19.0 Å². The van der Waals surface area contributed by atoms with Crippen molar-refractivity contribution in [2.24, 2.45) is 0 Å². The van der Waals surface area contributed by atoms with Crippen LogP contribution in [-0.2, 0) is 19.0 Å². The molecule has 4 nitrogen and oxygen atoms in total. The highest BCUT2D eigenvalue weighted by atomic mass is 35.5. The zero-order chi connectivity index (χ0) is 18.2. The maximum atomic E-state index is 12.6. The van der Waals surface area contributed by atoms with Gasteiger partial charge in [0.15, 0.2) is 0 Å². The van der Waals surface area contributed by atoms with Crippen LogP contribution in [0.25, 0.3) is 0 Å². The van der Waals surface area contributed by atoms with Crippen molar-refractivity contribution in [1.82, 2.24) is 0 Å². The molecule has 25 heavy (non-hydrogen) atoms. The number of alkyl halides is 3. The van der Waals surface area contributed by atoms with Crippen LogP contribution < -0.4 is 4.90 Å². The van der Waals surface area contributed by atoms with Crippen molar-refractivity contribution in [3.63, 3.8) is 0 Å². The van der Waals surface area contributed by atoms with Gasteiger partial charge in [0.05, 0.1) is 21.2 Å². The smallest absolute Gasteiger partial charge is 0.369 e. The maximum Gasteiger partial charge on any atom is 0.416 e. The Hall–Kier alpha value is -2.28. The molecule has 132 valence electrons. The molecule has 0 N–H and O–H groups in total. The van der Waals surface area contributed by atoms with Crippen molar-refractivity contribution >= 4 is 23.0 Å². The van der Waals surface area contributed by atoms with Gasteiger partial charge in [0.2, 0.25) is 0 Å². The third-order valence-electron chi connectivity index (χ3n) is 4.26. The van der Waals surface area contributed by atoms with E-state index < -0.39 is 16.7 Å². The predicted octanol–water partition coefficient (Wildman–Crippen LogP) is 4.87. The Morgan fingerprint density at radius 2 is 1.88 bits per heavy atom. The van der Waals surface area contributed by atoms with E-state index in [0.29, 0.717) is 31.0 Å². The van der Waals surface area contributed by atoms with Crippen LogP contribution >= 0.6 is 11.6 Å². The van der Waals surface area contributed by atoms with Gasteiger partial charge in [-0.3, -0.25) is 10.1 Å². The number of halogens is 4. The summed E-state index contributed by atoms with van der Waals surface area (Å²) in [5, 5.41) is 11.2. The summed E-state index contributed by atoms with van der Waals surface area (Å²) in [5.74, 6) is 0. The molecular weight excluding hydrogens is 357 g/mol. The van der Waals surface area contributed by atoms with Gasteiger partial charge in [-0.2, -0.15) is 13.2 Å². The Labute approximate surface area is 147 Å². The lowest BCUT2D eigenvalue weighted by Crippen LogP contribution is -2.23. The molecule has 0 aliphatic carbocycles. The van der Waals surface area contributed by atoms with Crippen molar-refractivity contribution in [2.75, 3.05) is 18.0 Å². The number of nitrogens with zero attached hydrogens (tertiary/aromatic N) is 2. The van der Waals surface area contributed by atoms with Crippen molar-refractivity contribution < 1.29 is 18.1 Å². The van der Waals surface area contributed by atoms with Crippen LogP contribution in [0.4, 0.5) is 24.5 Å². The summed E-state index contributed by atoms with van der Waals surface area (Å²) in [6.45, 7) is 1.26. The number of nitro benzene ring substituents is 1. The molecular formula is C17H14ClF3N2O2. The minimum Gasteiger partial charge on any atom is -0.369 e. The van der Waals surface area contributed by atoms with Gasteiger partial charge in [0.25, 0.3) is 5.69 Å². The first-order valence-corrected chi connectivity index (χ1v) is 8.01. The molecule has 0 spiro atoms. The minimum atomic E-state index is -4.34. The number of rotatable bonds is 4. The molecule has 0 saturated heterocycles. The highest BCUT2D eigenvalue weighted by Gasteiger charge is 2.30. The standard InChI is InChI=1S/C17H14ClF3N2O2/c18-15-10-14(23(24)25)9-12-6-8-22(16(12)15)7-5-11-1-3-13(4-2-11)17(19,20)21/h1-4,9-10H,5-8H2. The molecule has 0 amide bonds. The van der Waals surface area contributed by atoms with Crippen LogP contribution in [-0.4, -0.2) is 18.0 Å². The molecule has 1 heterocycles. The highest BCUT2D eigenvalue weighted by molar-refractivity contribution is 6.33. The van der Waals surface area contributed by atoms with E-state index in [1.165, 1.54) is 24.3 Å². The van der Waals surface area contributed by atoms with Crippen molar-refractivity contribution in [3.05, 3.63) is 68.2 Å². The first-order chi connectivity index (χ1) is 11.8. The van der Waals surface area contributed by atoms with Gasteiger partial charge in [-0.05, 0) is 36.1 Å². The number of hydrogen-bond acceptors (Lipinski definition) is 3. The quantitative estimate of drug-likeness (QED) is 0.569. The Morgan fingerprint density at radius 1 is 1.20 bits per heavy atom. The fourth-order valence-electron chi connectivity index (χ4n) is 3.01. The van der Waals surface area contributed by atoms with Crippen LogP contribution in [0.3, 0.4) is 0 Å². The molecule has 2 aromatic rings. The Morgan fingerprint density at radius 3 is 2.48 bits per heavy atom. The average Bonchev–Trinajstić information content (AvgIpc) is 2.96. The van der Waals surface area contributed by atoms with Gasteiger partial charge < -0.3 is 4.90 Å². The molecule has 3 rings (SSSR count). The Bertz CT molecular complexity index is 807. The van der Waals surface area contributed by atoms with Gasteiger partial charge in [-0.15, -0.1) is 0 Å². The lowest BCUT2D eigenvalue weighted by atomic mass is 10.1. The number of nitro groups is 1. The van der Waals surface area contributed by atoms with E-state index in [1.54, 1.807) is 0 Å². The average molecular weight is 371 g/mol. The van der Waals surface area contributed by atoms with Crippen LogP contribution in [0.1, 0.15) is 16.7 Å². The summed E-state index contributed by atoms with van der Waals surface area (Å²) < 4.78 is 37.7. The fraction of sp³-hybridized carbons (Fsp3) is 0.294. The molecule has 0 radical (unpaired) electrons. The number of benzene rings is 2. The van der Waals surface area contributed by atoms with E-state index in [-0.39, 0.29) is 5.69 Å². The van der Waals surface area contributed by atoms with Crippen LogP contribution in [0.2, 0.25) is 5.02 Å². The molecule has 2 aromatic carbocycles. The van der Waals surface area contributed by atoms with Gasteiger partial charge in [-0.1, -0.05) is 23.7 Å². The van der Waals surface area contributed by atoms with Crippen LogP contribution in [0.15, 0.2) is 36.4 Å². The largest absolute Gasteiger partial charge is 0.416 e. The molecule has 0 fully saturated rings. The van der Waals surface area contributed by atoms with Gasteiger partial charge >= 0.3 is 6.18 Å². The van der Waals surface area contributed by atoms with Crippen molar-refractivity contribution in [1.29, 1.82) is 0 Å². The molecule has 1 aliphatic rings. The van der Waals surface area contributed by atoms with Gasteiger partial charge in [-0.25, -0.2) is 0 Å². The minimum absolute atomic E-state index is 0.0339. The van der Waals surface area contributed by atoms with Crippen LogP contribution in [0.5, 0.6) is 0 Å². The molecule has 0 aromatic heterocycles. The van der Waals surface area contributed by atoms with E-state index in [4.69, 9.17) is 11.6 Å². The summed E-state index contributed by atoms with van der Waals surface area (Å²) in [5.41, 5.74) is 1.69. The highest BCUT2D eigenvalue weighted by Crippen LogP contribution is 2.38. The first kappa shape index (κ1) is 17.5. The Kier molecular flexibility index (Phi) is 4.60. The van der Waals surface area contributed by atoms with E-state index in [9.17, 15) is 23.3 Å². The number of anilines is 1. The lowest BCUT2D eigenvalue weighted by molar-refractivity contribution is -0.384. The molecule has 0 bridgehead atoms. The summed E-state index contributed by atoms with van der Waals surface area (Å²) >= 11 is 6.20. The third-order valence-corrected chi connectivity index (χ3v) is 4.54. The summed E-state index contributed by atoms with van der Waals surface area (Å²) in [6, 6.07) is 7.94. The Balaban J connectivity index is 1.71. The SMILES string of the molecule is O=[N+]([O-])c1cc(Cl)c2c(c1)CCN2CCc1ccc(C(F)(F)F)cc1. The summed E-state index contributed by atoms with van der Waals surface area (Å²) in [7, 11) is 0. The normalized spacial score (nSPS) is 13.8. The second-order valence-electron chi connectivity index (χ2n) is 5.87. The predicted molar refractivity (Wildman–Crippen MR) is 89.2 cm³/mol. The van der Waals surface area contributed by atoms with Crippen molar-refractivity contribution in [3.8, 4) is 0 Å². The third kappa shape index (κ3) is 3.71. The lowest BCUT2D eigenvalue weighted by Gasteiger charge is -2.20. The first-order valence-electron chi connectivity index (χ1n) is 7.63. The van der Waals surface area contributed by atoms with E-state index in [0.717, 1.165) is 28.9 Å². The number of hydrogen-bond donors (Lipinski definition) is 0. The molecule has 8 heteroatoms. The number of fused-ring (bicyclic) bond motifs is 1. The second-order valence-corrected chi connectivity index (χ2v) is 6.28. The van der Waals surface area contributed by atoms with Gasteiger partial charge in [0, 0.05) is 25.2 Å². The zero-order valence-corrected chi connectivity index (χ0v) is 13.8. The molecule has 0 saturated carbocycles. The second kappa shape index (κ2) is 6.55. The summed E-state index contributed by atoms with van der Waals surface area (Å²) in [4.78, 5) is 12.4. The topological polar surface area (TPSA) is 46.4 Å². The summed E-state index contributed by atoms with van der Waals surface area (Å²) in [6.07, 6.45) is -3.12. The van der Waals surface area contributed by atoms with E-state index >= 15 is 0 Å². The number of non-ortho nitro benzene ring substituents is 1. The van der Waals surface area contributed by atoms with Crippen LogP contribution in [0, 0.1) is 10.1 Å². The van der Waals surface area contributed by atoms with E-state index in [1.807, 2.05) is 4.90 Å². The molecule has 1 aliphatic heterocycles. The molecule has 0 atom stereocenters. The monoisotopic (exact) mass is 370 g/mol. The molecule has 0 unspecified atom stereocenters. The van der Waals surface area contributed by atoms with E-state index in [2.05, 4.69) is 0 Å². The fourth-order valence-corrected chi connectivity index (χ4v) is 3.36. The zero-order valence-electron chi connectivity index (χ0n) is 13.0.